The summed E-state index contributed by atoms with van der Waals surface area (Å²) in [6.45, 7) is 5.84. The number of sulfonamides is 1. The van der Waals surface area contributed by atoms with Crippen molar-refractivity contribution >= 4 is 21.6 Å². The molecule has 7 heteroatoms. The van der Waals surface area contributed by atoms with Gasteiger partial charge in [-0.1, -0.05) is 42.8 Å². The molecule has 2 aromatic carbocycles. The maximum Gasteiger partial charge on any atom is 0.263 e. The number of benzene rings is 2. The van der Waals surface area contributed by atoms with Gasteiger partial charge in [0.1, 0.15) is 5.75 Å². The van der Waals surface area contributed by atoms with Gasteiger partial charge in [-0.25, -0.2) is 8.42 Å². The zero-order valence-corrected chi connectivity index (χ0v) is 17.4. The molecule has 0 aliphatic carbocycles. The fourth-order valence-corrected chi connectivity index (χ4v) is 4.20. The van der Waals surface area contributed by atoms with Crippen molar-refractivity contribution in [3.8, 4) is 5.75 Å². The molecule has 0 saturated heterocycles. The van der Waals surface area contributed by atoms with Crippen molar-refractivity contribution in [3.63, 3.8) is 0 Å². The SMILES string of the molecule is CC[C@H](NC(=O)[C@@H]1CN(S(C)(=O)=O)c2cc(C)ccc2O1)c1ccc(C)cc1. The number of carbonyl (C=O) groups is 1. The van der Waals surface area contributed by atoms with E-state index in [4.69, 9.17) is 4.74 Å². The van der Waals surface area contributed by atoms with Crippen LogP contribution in [0.5, 0.6) is 5.75 Å². The second kappa shape index (κ2) is 7.83. The minimum Gasteiger partial charge on any atom is -0.476 e. The van der Waals surface area contributed by atoms with Crippen LogP contribution in [0.2, 0.25) is 0 Å². The van der Waals surface area contributed by atoms with E-state index in [9.17, 15) is 13.2 Å². The summed E-state index contributed by atoms with van der Waals surface area (Å²) in [5, 5.41) is 3.00. The van der Waals surface area contributed by atoms with Gasteiger partial charge in [0.2, 0.25) is 10.0 Å². The summed E-state index contributed by atoms with van der Waals surface area (Å²) >= 11 is 0. The average Bonchev–Trinajstić information content (AvgIpc) is 2.65. The van der Waals surface area contributed by atoms with Crippen molar-refractivity contribution in [1.82, 2.24) is 5.32 Å². The molecule has 1 N–H and O–H groups in total. The van der Waals surface area contributed by atoms with Gasteiger partial charge in [0.15, 0.2) is 6.10 Å². The zero-order chi connectivity index (χ0) is 20.5. The highest BCUT2D eigenvalue weighted by Gasteiger charge is 2.35. The van der Waals surface area contributed by atoms with Crippen LogP contribution in [0.25, 0.3) is 0 Å². The van der Waals surface area contributed by atoms with Crippen molar-refractivity contribution < 1.29 is 17.9 Å². The number of hydrogen-bond acceptors (Lipinski definition) is 4. The van der Waals surface area contributed by atoms with E-state index in [1.54, 1.807) is 12.1 Å². The van der Waals surface area contributed by atoms with E-state index in [1.165, 1.54) is 4.31 Å². The maximum absolute atomic E-state index is 12.9. The summed E-state index contributed by atoms with van der Waals surface area (Å²) in [4.78, 5) is 12.9. The van der Waals surface area contributed by atoms with E-state index >= 15 is 0 Å². The standard InChI is InChI=1S/C21H26N2O4S/c1-5-17(16-9-6-14(2)7-10-16)22-21(24)20-13-23(28(4,25)26)18-12-15(3)8-11-19(18)27-20/h6-12,17,20H,5,13H2,1-4H3,(H,22,24)/t17-,20-/m0/s1. The number of anilines is 1. The Bertz CT molecular complexity index is 970. The predicted octanol–water partition coefficient (Wildman–Crippen LogP) is 3.10. The number of nitrogens with zero attached hydrogens (tertiary/aromatic N) is 1. The van der Waals surface area contributed by atoms with Gasteiger partial charge in [0, 0.05) is 0 Å². The molecule has 0 aromatic heterocycles. The number of amides is 1. The molecule has 0 radical (unpaired) electrons. The minimum atomic E-state index is -3.54. The molecule has 1 aliphatic heterocycles. The molecule has 0 bridgehead atoms. The smallest absolute Gasteiger partial charge is 0.263 e. The molecule has 0 unspecified atom stereocenters. The average molecular weight is 403 g/mol. The first kappa shape index (κ1) is 20.2. The van der Waals surface area contributed by atoms with E-state index < -0.39 is 16.1 Å². The number of hydrogen-bond donors (Lipinski definition) is 1. The Morgan fingerprint density at radius 2 is 1.82 bits per heavy atom. The van der Waals surface area contributed by atoms with E-state index in [-0.39, 0.29) is 18.5 Å². The normalized spacial score (nSPS) is 17.4. The van der Waals surface area contributed by atoms with Crippen molar-refractivity contribution in [1.29, 1.82) is 0 Å². The van der Waals surface area contributed by atoms with Crippen LogP contribution in [0.1, 0.15) is 36.1 Å². The van der Waals surface area contributed by atoms with Crippen LogP contribution >= 0.6 is 0 Å². The summed E-state index contributed by atoms with van der Waals surface area (Å²) in [5.41, 5.74) is 3.55. The molecule has 1 heterocycles. The summed E-state index contributed by atoms with van der Waals surface area (Å²) < 4.78 is 31.7. The Kier molecular flexibility index (Phi) is 5.65. The minimum absolute atomic E-state index is 0.0501. The second-order valence-electron chi connectivity index (χ2n) is 7.25. The topological polar surface area (TPSA) is 75.7 Å². The van der Waals surface area contributed by atoms with Gasteiger partial charge < -0.3 is 10.1 Å². The largest absolute Gasteiger partial charge is 0.476 e. The molecule has 28 heavy (non-hydrogen) atoms. The summed E-state index contributed by atoms with van der Waals surface area (Å²) in [7, 11) is -3.54. The van der Waals surface area contributed by atoms with Crippen LogP contribution in [0.3, 0.4) is 0 Å². The summed E-state index contributed by atoms with van der Waals surface area (Å²) in [6, 6.07) is 13.1. The molecule has 150 valence electrons. The lowest BCUT2D eigenvalue weighted by molar-refractivity contribution is -0.128. The number of ether oxygens (including phenoxy) is 1. The Morgan fingerprint density at radius 3 is 2.43 bits per heavy atom. The molecule has 6 nitrogen and oxygen atoms in total. The number of fused-ring (bicyclic) bond motifs is 1. The highest BCUT2D eigenvalue weighted by atomic mass is 32.2. The zero-order valence-electron chi connectivity index (χ0n) is 16.6. The molecule has 0 spiro atoms. The predicted molar refractivity (Wildman–Crippen MR) is 110 cm³/mol. The Labute approximate surface area is 166 Å². The fraction of sp³-hybridized carbons (Fsp3) is 0.381. The van der Waals surface area contributed by atoms with Gasteiger partial charge in [0.05, 0.1) is 24.5 Å². The van der Waals surface area contributed by atoms with Crippen LogP contribution in [-0.2, 0) is 14.8 Å². The molecule has 0 saturated carbocycles. The maximum atomic E-state index is 12.9. The number of rotatable bonds is 5. The van der Waals surface area contributed by atoms with Gasteiger partial charge in [0.25, 0.3) is 5.91 Å². The third-order valence-corrected chi connectivity index (χ3v) is 6.03. The second-order valence-corrected chi connectivity index (χ2v) is 9.16. The highest BCUT2D eigenvalue weighted by molar-refractivity contribution is 7.92. The first-order valence-corrected chi connectivity index (χ1v) is 11.2. The van der Waals surface area contributed by atoms with Gasteiger partial charge in [-0.2, -0.15) is 0 Å². The van der Waals surface area contributed by atoms with Crippen molar-refractivity contribution in [2.45, 2.75) is 39.3 Å². The molecule has 3 rings (SSSR count). The van der Waals surface area contributed by atoms with E-state index in [0.717, 1.165) is 22.9 Å². The lowest BCUT2D eigenvalue weighted by atomic mass is 10.0. The van der Waals surface area contributed by atoms with Gasteiger partial charge >= 0.3 is 0 Å². The lowest BCUT2D eigenvalue weighted by Crippen LogP contribution is -2.51. The van der Waals surface area contributed by atoms with Gasteiger partial charge in [-0.15, -0.1) is 0 Å². The number of nitrogens with one attached hydrogen (secondary N) is 1. The molecule has 1 amide bonds. The molecular weight excluding hydrogens is 376 g/mol. The van der Waals surface area contributed by atoms with E-state index in [1.807, 2.05) is 51.1 Å². The van der Waals surface area contributed by atoms with E-state index in [0.29, 0.717) is 17.9 Å². The van der Waals surface area contributed by atoms with Crippen LogP contribution < -0.4 is 14.4 Å². The van der Waals surface area contributed by atoms with Crippen molar-refractivity contribution in [3.05, 3.63) is 59.2 Å². The Morgan fingerprint density at radius 1 is 1.18 bits per heavy atom. The molecule has 2 atom stereocenters. The third-order valence-electron chi connectivity index (χ3n) is 4.88. The quantitative estimate of drug-likeness (QED) is 0.834. The van der Waals surface area contributed by atoms with Gasteiger partial charge in [-0.05, 0) is 43.5 Å². The molecule has 2 aromatic rings. The summed E-state index contributed by atoms with van der Waals surface area (Å²) in [5.74, 6) is 0.0677. The van der Waals surface area contributed by atoms with Crippen LogP contribution in [0.15, 0.2) is 42.5 Å². The first-order valence-electron chi connectivity index (χ1n) is 9.31. The van der Waals surface area contributed by atoms with Crippen molar-refractivity contribution in [2.75, 3.05) is 17.1 Å². The van der Waals surface area contributed by atoms with Crippen LogP contribution in [0.4, 0.5) is 5.69 Å². The van der Waals surface area contributed by atoms with Crippen molar-refractivity contribution in [2.24, 2.45) is 0 Å². The highest BCUT2D eigenvalue weighted by Crippen LogP contribution is 2.36. The Balaban J connectivity index is 1.84. The van der Waals surface area contributed by atoms with E-state index in [2.05, 4.69) is 5.32 Å². The summed E-state index contributed by atoms with van der Waals surface area (Å²) in [6.07, 6.45) is 0.942. The number of carbonyl (C=O) groups excluding carboxylic acids is 1. The monoisotopic (exact) mass is 402 g/mol. The number of aryl methyl sites for hydroxylation is 2. The third kappa shape index (κ3) is 4.30. The van der Waals surface area contributed by atoms with Crippen LogP contribution in [-0.4, -0.2) is 33.2 Å². The lowest BCUT2D eigenvalue weighted by Gasteiger charge is -2.34. The Hall–Kier alpha value is -2.54. The molecule has 0 fully saturated rings. The van der Waals surface area contributed by atoms with Crippen LogP contribution in [0, 0.1) is 13.8 Å². The first-order chi connectivity index (χ1) is 13.2. The molecule has 1 aliphatic rings. The fourth-order valence-electron chi connectivity index (χ4n) is 3.30. The molecular formula is C21H26N2O4S. The van der Waals surface area contributed by atoms with Gasteiger partial charge in [-0.3, -0.25) is 9.10 Å².